The highest BCUT2D eigenvalue weighted by Gasteiger charge is 2.37. The molecular formula is C26H24N10O6S2. The average molecular weight is 637 g/mol. The maximum absolute atomic E-state index is 14.1. The van der Waals surface area contributed by atoms with E-state index in [1.807, 2.05) is 0 Å². The Labute approximate surface area is 251 Å². The second kappa shape index (κ2) is 12.3. The Morgan fingerprint density at radius 2 is 1.18 bits per heavy atom. The van der Waals surface area contributed by atoms with E-state index in [2.05, 4.69) is 30.8 Å². The summed E-state index contributed by atoms with van der Waals surface area (Å²) in [5.74, 6) is -1.04. The fourth-order valence-corrected chi connectivity index (χ4v) is 7.80. The molecule has 0 saturated carbocycles. The number of hydrogen-bond acceptors (Lipinski definition) is 11. The van der Waals surface area contributed by atoms with Gasteiger partial charge in [0.1, 0.15) is 38.4 Å². The number of benzene rings is 3. The fourth-order valence-electron chi connectivity index (χ4n) is 4.03. The summed E-state index contributed by atoms with van der Waals surface area (Å²) in [6.07, 6.45) is 5.20. The number of nitrogen functional groups attached to an aromatic ring is 1. The second-order valence-corrected chi connectivity index (χ2v) is 12.9. The molecule has 18 heteroatoms. The lowest BCUT2D eigenvalue weighted by atomic mass is 10.3. The lowest BCUT2D eigenvalue weighted by Crippen LogP contribution is -2.37. The van der Waals surface area contributed by atoms with Crippen LogP contribution in [0.5, 0.6) is 0 Å². The predicted molar refractivity (Wildman–Crippen MR) is 158 cm³/mol. The van der Waals surface area contributed by atoms with Crippen molar-refractivity contribution in [2.24, 2.45) is 0 Å². The van der Waals surface area contributed by atoms with Crippen molar-refractivity contribution in [3.05, 3.63) is 98.1 Å². The van der Waals surface area contributed by atoms with Crippen LogP contribution < -0.4 is 20.1 Å². The molecule has 0 fully saturated rings. The molecule has 0 bridgehead atoms. The van der Waals surface area contributed by atoms with E-state index in [1.165, 1.54) is 95.3 Å². The first-order valence-corrected chi connectivity index (χ1v) is 15.5. The third-order valence-corrected chi connectivity index (χ3v) is 10.1. The predicted octanol–water partition coefficient (Wildman–Crippen LogP) is 1.31. The molecule has 0 saturated heterocycles. The van der Waals surface area contributed by atoms with Gasteiger partial charge in [0.2, 0.25) is 11.8 Å². The molecule has 0 spiro atoms. The van der Waals surface area contributed by atoms with Crippen molar-refractivity contribution in [2.75, 3.05) is 20.1 Å². The van der Waals surface area contributed by atoms with Crippen molar-refractivity contribution < 1.29 is 26.4 Å². The topological polar surface area (TPSA) is 217 Å². The van der Waals surface area contributed by atoms with Gasteiger partial charge in [0.15, 0.2) is 0 Å². The van der Waals surface area contributed by atoms with Gasteiger partial charge in [0, 0.05) is 17.1 Å². The van der Waals surface area contributed by atoms with Crippen molar-refractivity contribution in [1.82, 2.24) is 29.5 Å². The van der Waals surface area contributed by atoms with Crippen molar-refractivity contribution in [2.45, 2.75) is 22.9 Å². The Hall–Kier alpha value is -5.62. The van der Waals surface area contributed by atoms with Crippen LogP contribution in [0.2, 0.25) is 0 Å². The van der Waals surface area contributed by atoms with E-state index in [9.17, 15) is 26.4 Å². The van der Waals surface area contributed by atoms with Crippen LogP contribution in [0.15, 0.2) is 108 Å². The molecule has 0 aliphatic heterocycles. The standard InChI is InChI=1S/C26H24N10O6S2/c27-19-4-1-7-22(10-19)36(43(39,40)23-8-2-5-20(11-23)32-25(37)13-34-17-28-15-30-34)44(41,42)24-9-3-6-21(12-24)33-26(38)14-35-18-29-16-31-35/h1-12,15-18H,13-14,27H2,(H,32,37)(H,33,38). The molecule has 0 atom stereocenters. The van der Waals surface area contributed by atoms with Gasteiger partial charge in [-0.05, 0) is 54.6 Å². The first-order chi connectivity index (χ1) is 21.0. The zero-order valence-electron chi connectivity index (χ0n) is 22.6. The van der Waals surface area contributed by atoms with Crippen LogP contribution in [0, 0.1) is 0 Å². The number of sulfonamides is 2. The molecule has 3 aromatic carbocycles. The third kappa shape index (κ3) is 6.71. The van der Waals surface area contributed by atoms with E-state index in [4.69, 9.17) is 5.73 Å². The Morgan fingerprint density at radius 3 is 1.61 bits per heavy atom. The summed E-state index contributed by atoms with van der Waals surface area (Å²) < 4.78 is 59.1. The van der Waals surface area contributed by atoms with Gasteiger partial charge >= 0.3 is 0 Å². The van der Waals surface area contributed by atoms with Gasteiger partial charge < -0.3 is 16.4 Å². The molecular weight excluding hydrogens is 612 g/mol. The molecule has 5 aromatic rings. The molecule has 0 radical (unpaired) electrons. The number of amides is 2. The Balaban J connectivity index is 1.49. The number of rotatable bonds is 11. The zero-order valence-corrected chi connectivity index (χ0v) is 24.3. The highest BCUT2D eigenvalue weighted by atomic mass is 32.3. The molecule has 5 rings (SSSR count). The minimum Gasteiger partial charge on any atom is -0.399 e. The van der Waals surface area contributed by atoms with Crippen LogP contribution in [-0.2, 0) is 42.7 Å². The molecule has 16 nitrogen and oxygen atoms in total. The van der Waals surface area contributed by atoms with E-state index >= 15 is 0 Å². The molecule has 0 unspecified atom stereocenters. The first-order valence-electron chi connectivity index (χ1n) is 12.6. The first kappa shape index (κ1) is 29.9. The van der Waals surface area contributed by atoms with Crippen LogP contribution in [-0.4, -0.2) is 58.2 Å². The lowest BCUT2D eigenvalue weighted by Gasteiger charge is -2.25. The number of carbonyl (C=O) groups excluding carboxylic acids is 2. The van der Waals surface area contributed by atoms with Crippen molar-refractivity contribution in [3.63, 3.8) is 0 Å². The maximum atomic E-state index is 14.1. The van der Waals surface area contributed by atoms with Gasteiger partial charge in [-0.15, -0.1) is 0 Å². The van der Waals surface area contributed by atoms with Gasteiger partial charge in [-0.1, -0.05) is 18.2 Å². The molecule has 0 aliphatic carbocycles. The average Bonchev–Trinajstić information content (AvgIpc) is 3.68. The normalized spacial score (nSPS) is 11.5. The molecule has 226 valence electrons. The molecule has 0 aliphatic rings. The number of carbonyl (C=O) groups is 2. The van der Waals surface area contributed by atoms with Gasteiger partial charge in [-0.3, -0.25) is 9.59 Å². The van der Waals surface area contributed by atoms with Crippen LogP contribution in [0.1, 0.15) is 0 Å². The number of nitrogens with one attached hydrogen (secondary N) is 2. The number of nitrogens with two attached hydrogens (primary N) is 1. The summed E-state index contributed by atoms with van der Waals surface area (Å²) in [5, 5.41) is 12.8. The summed E-state index contributed by atoms with van der Waals surface area (Å²) in [6, 6.07) is 15.6. The lowest BCUT2D eigenvalue weighted by molar-refractivity contribution is -0.117. The molecule has 44 heavy (non-hydrogen) atoms. The van der Waals surface area contributed by atoms with Gasteiger partial charge in [-0.2, -0.15) is 13.9 Å². The Morgan fingerprint density at radius 1 is 0.705 bits per heavy atom. The minimum atomic E-state index is -4.85. The Kier molecular flexibility index (Phi) is 8.36. The Bertz CT molecular complexity index is 1890. The minimum absolute atomic E-state index is 0.0956. The van der Waals surface area contributed by atoms with Crippen LogP contribution in [0.4, 0.5) is 22.7 Å². The maximum Gasteiger partial charge on any atom is 0.277 e. The molecule has 4 N–H and O–H groups in total. The highest BCUT2D eigenvalue weighted by molar-refractivity contribution is 8.10. The third-order valence-electron chi connectivity index (χ3n) is 5.89. The largest absolute Gasteiger partial charge is 0.399 e. The monoisotopic (exact) mass is 636 g/mol. The molecule has 2 heterocycles. The molecule has 2 amide bonds. The van der Waals surface area contributed by atoms with Crippen molar-refractivity contribution >= 4 is 54.6 Å². The summed E-state index contributed by atoms with van der Waals surface area (Å²) in [6.45, 7) is -0.376. The number of anilines is 4. The summed E-state index contributed by atoms with van der Waals surface area (Å²) in [4.78, 5) is 31.6. The summed E-state index contributed by atoms with van der Waals surface area (Å²) in [5.41, 5.74) is 5.94. The van der Waals surface area contributed by atoms with Crippen molar-refractivity contribution in [3.8, 4) is 0 Å². The zero-order chi connectivity index (χ0) is 31.3. The number of nitrogens with zero attached hydrogens (tertiary/aromatic N) is 7. The van der Waals surface area contributed by atoms with E-state index in [-0.39, 0.29) is 39.5 Å². The van der Waals surface area contributed by atoms with Gasteiger partial charge in [0.25, 0.3) is 20.0 Å². The second-order valence-electron chi connectivity index (χ2n) is 9.14. The summed E-state index contributed by atoms with van der Waals surface area (Å²) in [7, 11) is -9.70. The number of hydrogen-bond donors (Lipinski definition) is 3. The van der Waals surface area contributed by atoms with E-state index in [1.54, 1.807) is 0 Å². The van der Waals surface area contributed by atoms with Crippen molar-refractivity contribution in [1.29, 1.82) is 0 Å². The quantitative estimate of drug-likeness (QED) is 0.176. The number of aromatic nitrogens is 6. The van der Waals surface area contributed by atoms with E-state index < -0.39 is 41.7 Å². The van der Waals surface area contributed by atoms with Gasteiger partial charge in [-0.25, -0.2) is 36.2 Å². The molecule has 2 aromatic heterocycles. The SMILES string of the molecule is Nc1cccc(N(S(=O)(=O)c2cccc(NC(=O)Cn3cncn3)c2)S(=O)(=O)c2cccc(NC(=O)Cn3cncn3)c2)c1. The highest BCUT2D eigenvalue weighted by Crippen LogP contribution is 2.33. The fraction of sp³-hybridized carbons (Fsp3) is 0.0769. The van der Waals surface area contributed by atoms with Crippen LogP contribution in [0.25, 0.3) is 0 Å². The smallest absolute Gasteiger partial charge is 0.277 e. The van der Waals surface area contributed by atoms with Crippen LogP contribution in [0.3, 0.4) is 0 Å². The van der Waals surface area contributed by atoms with Gasteiger partial charge in [0.05, 0.1) is 15.5 Å². The van der Waals surface area contributed by atoms with E-state index in [0.29, 0.717) is 0 Å². The summed E-state index contributed by atoms with van der Waals surface area (Å²) >= 11 is 0. The van der Waals surface area contributed by atoms with Crippen LogP contribution >= 0.6 is 0 Å². The van der Waals surface area contributed by atoms with E-state index in [0.717, 1.165) is 12.1 Å².